The van der Waals surface area contributed by atoms with Crippen molar-refractivity contribution in [2.45, 2.75) is 20.4 Å². The summed E-state index contributed by atoms with van der Waals surface area (Å²) in [6.45, 7) is 10.0. The second-order valence-electron chi connectivity index (χ2n) is 6.71. The minimum Gasteiger partial charge on any atom is -0.357 e. The van der Waals surface area contributed by atoms with Gasteiger partial charge in [-0.2, -0.15) is 0 Å². The highest BCUT2D eigenvalue weighted by atomic mass is 127. The minimum atomic E-state index is 0. The van der Waals surface area contributed by atoms with Gasteiger partial charge in [-0.3, -0.25) is 9.69 Å². The third-order valence-corrected chi connectivity index (χ3v) is 4.36. The first-order valence-corrected chi connectivity index (χ1v) is 9.01. The number of guanidine groups is 1. The van der Waals surface area contributed by atoms with Gasteiger partial charge in [0, 0.05) is 53.4 Å². The minimum absolute atomic E-state index is 0. The van der Waals surface area contributed by atoms with Crippen LogP contribution in [-0.2, 0) is 11.3 Å². The fourth-order valence-corrected chi connectivity index (χ4v) is 2.90. The third kappa shape index (κ3) is 7.11. The Kier molecular flexibility index (Phi) is 9.93. The predicted molar refractivity (Wildman–Crippen MR) is 118 cm³/mol. The van der Waals surface area contributed by atoms with Gasteiger partial charge in [0.1, 0.15) is 6.54 Å². The van der Waals surface area contributed by atoms with E-state index in [0.29, 0.717) is 0 Å². The van der Waals surface area contributed by atoms with Crippen LogP contribution in [0.15, 0.2) is 29.3 Å². The van der Waals surface area contributed by atoms with Crippen LogP contribution in [0.3, 0.4) is 0 Å². The number of aryl methyl sites for hydroxylation is 1. The molecule has 1 heterocycles. The zero-order chi connectivity index (χ0) is 18.2. The van der Waals surface area contributed by atoms with Crippen LogP contribution in [0, 0.1) is 6.92 Å². The second-order valence-corrected chi connectivity index (χ2v) is 6.71. The van der Waals surface area contributed by atoms with Crippen LogP contribution < -0.4 is 5.32 Å². The molecule has 1 saturated heterocycles. The van der Waals surface area contributed by atoms with Gasteiger partial charge in [-0.15, -0.1) is 24.0 Å². The summed E-state index contributed by atoms with van der Waals surface area (Å²) in [5.74, 6) is 0.862. The number of benzene rings is 1. The average Bonchev–Trinajstić information content (AvgIpc) is 2.59. The van der Waals surface area contributed by atoms with Crippen LogP contribution in [0.25, 0.3) is 0 Å². The van der Waals surface area contributed by atoms with Crippen molar-refractivity contribution < 1.29 is 4.79 Å². The molecule has 1 fully saturated rings. The smallest absolute Gasteiger partial charge is 0.243 e. The molecule has 1 aliphatic rings. The summed E-state index contributed by atoms with van der Waals surface area (Å²) >= 11 is 0. The molecule has 7 heteroatoms. The Morgan fingerprint density at radius 2 is 1.92 bits per heavy atom. The molecule has 6 nitrogen and oxygen atoms in total. The van der Waals surface area contributed by atoms with Crippen LogP contribution in [0.1, 0.15) is 18.1 Å². The van der Waals surface area contributed by atoms with E-state index in [2.05, 4.69) is 58.2 Å². The van der Waals surface area contributed by atoms with E-state index < -0.39 is 0 Å². The summed E-state index contributed by atoms with van der Waals surface area (Å²) in [6, 6.07) is 8.71. The molecule has 0 atom stereocenters. The molecular weight excluding hydrogens is 441 g/mol. The van der Waals surface area contributed by atoms with Crippen molar-refractivity contribution in [3.05, 3.63) is 35.4 Å². The van der Waals surface area contributed by atoms with Gasteiger partial charge < -0.3 is 15.1 Å². The van der Waals surface area contributed by atoms with Gasteiger partial charge in [-0.05, 0) is 19.4 Å². The highest BCUT2D eigenvalue weighted by Gasteiger charge is 2.20. The lowest BCUT2D eigenvalue weighted by atomic mass is 10.1. The van der Waals surface area contributed by atoms with Gasteiger partial charge >= 0.3 is 0 Å². The topological polar surface area (TPSA) is 51.2 Å². The van der Waals surface area contributed by atoms with Gasteiger partial charge in [-0.25, -0.2) is 4.99 Å². The number of carbonyl (C=O) groups is 1. The van der Waals surface area contributed by atoms with Gasteiger partial charge in [0.25, 0.3) is 0 Å². The number of carbonyl (C=O) groups excluding carboxylic acids is 1. The number of nitrogens with zero attached hydrogens (tertiary/aromatic N) is 4. The molecule has 1 amide bonds. The second kappa shape index (κ2) is 11.4. The number of piperazine rings is 1. The summed E-state index contributed by atoms with van der Waals surface area (Å²) in [5, 5.41) is 3.31. The van der Waals surface area contributed by atoms with Gasteiger partial charge in [-0.1, -0.05) is 29.8 Å². The molecule has 2 rings (SSSR count). The Hall–Kier alpha value is -1.35. The summed E-state index contributed by atoms with van der Waals surface area (Å²) < 4.78 is 0. The summed E-state index contributed by atoms with van der Waals surface area (Å²) in [7, 11) is 3.52. The number of hydrogen-bond donors (Lipinski definition) is 1. The Labute approximate surface area is 174 Å². The van der Waals surface area contributed by atoms with E-state index in [1.807, 2.05) is 0 Å². The predicted octanol–water partition coefficient (Wildman–Crippen LogP) is 1.78. The van der Waals surface area contributed by atoms with Crippen molar-refractivity contribution >= 4 is 35.8 Å². The van der Waals surface area contributed by atoms with Crippen molar-refractivity contribution in [2.24, 2.45) is 4.99 Å². The van der Waals surface area contributed by atoms with Crippen molar-refractivity contribution in [3.63, 3.8) is 0 Å². The number of hydrogen-bond acceptors (Lipinski definition) is 3. The quantitative estimate of drug-likeness (QED) is 0.403. The average molecular weight is 473 g/mol. The molecule has 0 unspecified atom stereocenters. The normalized spacial score (nSPS) is 15.4. The Morgan fingerprint density at radius 1 is 1.23 bits per heavy atom. The molecule has 1 aliphatic heterocycles. The third-order valence-electron chi connectivity index (χ3n) is 4.36. The molecule has 0 bridgehead atoms. The van der Waals surface area contributed by atoms with Crippen LogP contribution >= 0.6 is 24.0 Å². The number of nitrogens with one attached hydrogen (secondary N) is 1. The van der Waals surface area contributed by atoms with Gasteiger partial charge in [0.05, 0.1) is 0 Å². The Bertz CT molecular complexity index is 597. The molecule has 0 aliphatic carbocycles. The molecule has 26 heavy (non-hydrogen) atoms. The maximum absolute atomic E-state index is 11.8. The molecule has 0 aromatic heterocycles. The van der Waals surface area contributed by atoms with Gasteiger partial charge in [0.15, 0.2) is 5.96 Å². The van der Waals surface area contributed by atoms with E-state index in [-0.39, 0.29) is 36.4 Å². The number of rotatable bonds is 5. The van der Waals surface area contributed by atoms with Crippen molar-refractivity contribution in [2.75, 3.05) is 53.4 Å². The maximum Gasteiger partial charge on any atom is 0.243 e. The summed E-state index contributed by atoms with van der Waals surface area (Å²) in [5.41, 5.74) is 2.67. The van der Waals surface area contributed by atoms with Crippen molar-refractivity contribution in [1.29, 1.82) is 0 Å². The standard InChI is InChI=1S/C19H31N5O.HI/c1-5-20-19(21-14-18(25)22(3)4)24-11-9-23(10-12-24)15-17-8-6-7-16(2)13-17;/h6-8,13H,5,9-12,14-15H2,1-4H3,(H,20,21);1H. The van der Waals surface area contributed by atoms with Gasteiger partial charge in [0.2, 0.25) is 5.91 Å². The molecule has 0 saturated carbocycles. The zero-order valence-electron chi connectivity index (χ0n) is 16.4. The highest BCUT2D eigenvalue weighted by Crippen LogP contribution is 2.10. The molecule has 1 aromatic rings. The molecule has 0 spiro atoms. The number of amides is 1. The monoisotopic (exact) mass is 473 g/mol. The van der Waals surface area contributed by atoms with Crippen LogP contribution in [0.5, 0.6) is 0 Å². The van der Waals surface area contributed by atoms with Crippen molar-refractivity contribution in [3.8, 4) is 0 Å². The fraction of sp³-hybridized carbons (Fsp3) is 0.579. The summed E-state index contributed by atoms with van der Waals surface area (Å²) in [4.78, 5) is 22.6. The maximum atomic E-state index is 11.8. The molecule has 0 radical (unpaired) electrons. The zero-order valence-corrected chi connectivity index (χ0v) is 18.7. The Balaban J connectivity index is 0.00000338. The van der Waals surface area contributed by atoms with E-state index in [1.165, 1.54) is 11.1 Å². The number of likely N-dealkylation sites (N-methyl/N-ethyl adjacent to an activating group) is 1. The van der Waals surface area contributed by atoms with Crippen molar-refractivity contribution in [1.82, 2.24) is 20.0 Å². The highest BCUT2D eigenvalue weighted by molar-refractivity contribution is 14.0. The lowest BCUT2D eigenvalue weighted by Crippen LogP contribution is -2.52. The molecular formula is C19H32IN5O. The SMILES string of the molecule is CCNC(=NCC(=O)N(C)C)N1CCN(Cc2cccc(C)c2)CC1.I. The first-order chi connectivity index (χ1) is 12.0. The van der Waals surface area contributed by atoms with E-state index in [0.717, 1.165) is 45.2 Å². The summed E-state index contributed by atoms with van der Waals surface area (Å²) in [6.07, 6.45) is 0. The molecule has 146 valence electrons. The van der Waals surface area contributed by atoms with Crippen LogP contribution in [-0.4, -0.2) is 79.9 Å². The van der Waals surface area contributed by atoms with E-state index >= 15 is 0 Å². The fourth-order valence-electron chi connectivity index (χ4n) is 2.90. The van der Waals surface area contributed by atoms with Crippen LogP contribution in [0.4, 0.5) is 0 Å². The van der Waals surface area contributed by atoms with E-state index in [1.54, 1.807) is 19.0 Å². The lowest BCUT2D eigenvalue weighted by Gasteiger charge is -2.36. The lowest BCUT2D eigenvalue weighted by molar-refractivity contribution is -0.127. The van der Waals surface area contributed by atoms with E-state index in [4.69, 9.17) is 0 Å². The number of aliphatic imine (C=N–C) groups is 1. The first-order valence-electron chi connectivity index (χ1n) is 9.01. The largest absolute Gasteiger partial charge is 0.357 e. The molecule has 1 aromatic carbocycles. The number of halogens is 1. The first kappa shape index (κ1) is 22.7. The van der Waals surface area contributed by atoms with Crippen LogP contribution in [0.2, 0.25) is 0 Å². The Morgan fingerprint density at radius 3 is 2.50 bits per heavy atom. The van der Waals surface area contributed by atoms with E-state index in [9.17, 15) is 4.79 Å². The molecule has 1 N–H and O–H groups in total.